The standard InChI is InChI=1S/C17H25N.C11H14.C4H11N.C2H5N.C2H6.C2H4.C2H2/c1-4-16-13-17(10-9-14(16)2)15(3)18-11-7-5-6-8-12-18;1-3-10(4-2)11-8-6-5-7-9-11;1-4(2)5-3;1-3-2;3*1-2/h9-10,13H,3-8,11-12H2,1-2H3;3,5-9H,4H2,1-2H3;4-5H,1-3H3;1H2,2H3;1-2H3;1-2H2;1-2H/b;10-3+;;;;;. The first-order valence-corrected chi connectivity index (χ1v) is 15.9. The molecule has 1 aliphatic rings. The second-order valence-corrected chi connectivity index (χ2v) is 9.64. The molecular formula is C40H67N3. The summed E-state index contributed by atoms with van der Waals surface area (Å²) >= 11 is 0. The fourth-order valence-corrected chi connectivity index (χ4v) is 3.98. The summed E-state index contributed by atoms with van der Waals surface area (Å²) < 4.78 is 0. The van der Waals surface area contributed by atoms with Crippen LogP contribution in [0.5, 0.6) is 0 Å². The third-order valence-corrected chi connectivity index (χ3v) is 6.50. The van der Waals surface area contributed by atoms with Crippen LogP contribution in [-0.2, 0) is 6.42 Å². The van der Waals surface area contributed by atoms with Crippen LogP contribution in [0.3, 0.4) is 0 Å². The smallest absolute Gasteiger partial charge is 0.0366 e. The number of aryl methyl sites for hydroxylation is 2. The van der Waals surface area contributed by atoms with Crippen molar-refractivity contribution in [3.8, 4) is 12.8 Å². The summed E-state index contributed by atoms with van der Waals surface area (Å²) in [6, 6.07) is 17.9. The molecule has 0 saturated carbocycles. The number of terminal acetylenes is 1. The van der Waals surface area contributed by atoms with Crippen molar-refractivity contribution in [2.45, 2.75) is 100.0 Å². The monoisotopic (exact) mass is 590 g/mol. The zero-order valence-electron chi connectivity index (χ0n) is 29.8. The van der Waals surface area contributed by atoms with E-state index in [0.29, 0.717) is 6.04 Å². The van der Waals surface area contributed by atoms with E-state index in [-0.39, 0.29) is 0 Å². The first kappa shape index (κ1) is 46.6. The molecule has 0 spiro atoms. The number of aliphatic imine (C=N–C) groups is 1. The van der Waals surface area contributed by atoms with Crippen LogP contribution in [0.15, 0.2) is 79.3 Å². The molecule has 0 aliphatic carbocycles. The largest absolute Gasteiger partial charge is 0.372 e. The summed E-state index contributed by atoms with van der Waals surface area (Å²) in [5, 5.41) is 3.03. The molecule has 0 amide bonds. The molecule has 1 fully saturated rings. The van der Waals surface area contributed by atoms with E-state index in [0.717, 1.165) is 12.8 Å². The van der Waals surface area contributed by atoms with Gasteiger partial charge in [-0.15, -0.1) is 26.0 Å². The van der Waals surface area contributed by atoms with Crippen LogP contribution in [0.25, 0.3) is 11.3 Å². The van der Waals surface area contributed by atoms with Gasteiger partial charge >= 0.3 is 0 Å². The van der Waals surface area contributed by atoms with Gasteiger partial charge in [-0.1, -0.05) is 110 Å². The average molecular weight is 590 g/mol. The van der Waals surface area contributed by atoms with Crippen LogP contribution in [0, 0.1) is 19.8 Å². The van der Waals surface area contributed by atoms with E-state index in [1.165, 1.54) is 72.3 Å². The summed E-state index contributed by atoms with van der Waals surface area (Å²) in [5.41, 5.74) is 8.13. The number of benzene rings is 2. The highest BCUT2D eigenvalue weighted by atomic mass is 15.1. The van der Waals surface area contributed by atoms with Crippen LogP contribution < -0.4 is 5.32 Å². The summed E-state index contributed by atoms with van der Waals surface area (Å²) in [7, 11) is 3.59. The number of rotatable bonds is 6. The minimum Gasteiger partial charge on any atom is -0.372 e. The molecule has 0 bridgehead atoms. The van der Waals surface area contributed by atoms with Crippen molar-refractivity contribution in [2.75, 3.05) is 27.2 Å². The van der Waals surface area contributed by atoms with Crippen molar-refractivity contribution in [3.05, 3.63) is 96.6 Å². The lowest BCUT2D eigenvalue weighted by molar-refractivity contribution is 0.414. The number of nitrogens with zero attached hydrogens (tertiary/aromatic N) is 2. The van der Waals surface area contributed by atoms with Crippen LogP contribution in [0.1, 0.15) is 103 Å². The van der Waals surface area contributed by atoms with Crippen LogP contribution in [-0.4, -0.2) is 44.8 Å². The Morgan fingerprint density at radius 3 is 1.79 bits per heavy atom. The number of allylic oxidation sites excluding steroid dienone is 2. The Kier molecular flexibility index (Phi) is 37.8. The molecule has 242 valence electrons. The van der Waals surface area contributed by atoms with Gasteiger partial charge in [-0.05, 0) is 87.2 Å². The average Bonchev–Trinajstić information content (AvgIpc) is 3.36. The lowest BCUT2D eigenvalue weighted by atomic mass is 10.0. The molecule has 1 N–H and O–H groups in total. The summed E-state index contributed by atoms with van der Waals surface area (Å²) in [4.78, 5) is 5.72. The van der Waals surface area contributed by atoms with Crippen molar-refractivity contribution in [2.24, 2.45) is 4.99 Å². The molecular weight excluding hydrogens is 522 g/mol. The number of hydrogen-bond donors (Lipinski definition) is 1. The van der Waals surface area contributed by atoms with Gasteiger partial charge in [0.05, 0.1) is 0 Å². The fourth-order valence-electron chi connectivity index (χ4n) is 3.98. The van der Waals surface area contributed by atoms with Crippen LogP contribution in [0.4, 0.5) is 0 Å². The minimum atomic E-state index is 0.634. The van der Waals surface area contributed by atoms with Crippen molar-refractivity contribution in [1.82, 2.24) is 10.2 Å². The lowest BCUT2D eigenvalue weighted by Gasteiger charge is -2.25. The van der Waals surface area contributed by atoms with Gasteiger partial charge in [0, 0.05) is 31.9 Å². The zero-order valence-corrected chi connectivity index (χ0v) is 29.8. The molecule has 3 nitrogen and oxygen atoms in total. The Balaban J connectivity index is -0.000000260. The number of hydrogen-bond acceptors (Lipinski definition) is 3. The van der Waals surface area contributed by atoms with Gasteiger partial charge in [-0.25, -0.2) is 0 Å². The van der Waals surface area contributed by atoms with Crippen molar-refractivity contribution >= 4 is 18.0 Å². The molecule has 3 heteroatoms. The van der Waals surface area contributed by atoms with E-state index in [9.17, 15) is 0 Å². The Labute approximate surface area is 269 Å². The second-order valence-electron chi connectivity index (χ2n) is 9.64. The molecule has 0 radical (unpaired) electrons. The van der Waals surface area contributed by atoms with Gasteiger partial charge in [0.2, 0.25) is 0 Å². The highest BCUT2D eigenvalue weighted by Crippen LogP contribution is 2.24. The fraction of sp³-hybridized carbons (Fsp3) is 0.475. The van der Waals surface area contributed by atoms with Crippen LogP contribution in [0.2, 0.25) is 0 Å². The minimum absolute atomic E-state index is 0.634. The lowest BCUT2D eigenvalue weighted by Crippen LogP contribution is -2.22. The molecule has 0 atom stereocenters. The summed E-state index contributed by atoms with van der Waals surface area (Å²) in [6.07, 6.45) is 17.8. The van der Waals surface area contributed by atoms with Gasteiger partial charge in [-0.3, -0.25) is 0 Å². The van der Waals surface area contributed by atoms with Crippen molar-refractivity contribution in [1.29, 1.82) is 0 Å². The van der Waals surface area contributed by atoms with E-state index in [1.807, 2.05) is 27.0 Å². The molecule has 1 aliphatic heterocycles. The normalized spacial score (nSPS) is 11.6. The van der Waals surface area contributed by atoms with Gasteiger partial charge < -0.3 is 15.2 Å². The third-order valence-electron chi connectivity index (χ3n) is 6.50. The second kappa shape index (κ2) is 34.8. The maximum Gasteiger partial charge on any atom is 0.0366 e. The Bertz CT molecular complexity index is 946. The number of nitrogens with one attached hydrogen (secondary N) is 1. The van der Waals surface area contributed by atoms with E-state index in [1.54, 1.807) is 7.05 Å². The van der Waals surface area contributed by atoms with E-state index < -0.39 is 0 Å². The SMILES string of the molecule is C#C.C/C=C(\CC)c1ccccc1.C=C.C=C(c1ccc(C)c(CC)c1)N1CCCCCC1.C=NC.CC.CNC(C)C. The predicted octanol–water partition coefficient (Wildman–Crippen LogP) is 10.9. The third kappa shape index (κ3) is 23.9. The molecule has 43 heavy (non-hydrogen) atoms. The van der Waals surface area contributed by atoms with Crippen molar-refractivity contribution in [3.63, 3.8) is 0 Å². The molecule has 0 unspecified atom stereocenters. The highest BCUT2D eigenvalue weighted by Gasteiger charge is 2.12. The highest BCUT2D eigenvalue weighted by molar-refractivity contribution is 5.65. The van der Waals surface area contributed by atoms with Gasteiger partial charge in [0.25, 0.3) is 0 Å². The van der Waals surface area contributed by atoms with Gasteiger partial charge in [0.1, 0.15) is 0 Å². The van der Waals surface area contributed by atoms with E-state index in [4.69, 9.17) is 0 Å². The van der Waals surface area contributed by atoms with Gasteiger partial charge in [-0.2, -0.15) is 0 Å². The summed E-state index contributed by atoms with van der Waals surface area (Å²) in [5.74, 6) is 0. The maximum atomic E-state index is 4.32. The quantitative estimate of drug-likeness (QED) is 0.206. The Morgan fingerprint density at radius 2 is 1.42 bits per heavy atom. The van der Waals surface area contributed by atoms with E-state index >= 15 is 0 Å². The molecule has 2 aromatic carbocycles. The Morgan fingerprint density at radius 1 is 0.953 bits per heavy atom. The zero-order chi connectivity index (χ0) is 34.1. The van der Waals surface area contributed by atoms with Gasteiger partial charge in [0.15, 0.2) is 0 Å². The Hall–Kier alpha value is -3.35. The van der Waals surface area contributed by atoms with Crippen molar-refractivity contribution < 1.29 is 0 Å². The van der Waals surface area contributed by atoms with Crippen LogP contribution >= 0.6 is 0 Å². The van der Waals surface area contributed by atoms with E-state index in [2.05, 4.69) is 145 Å². The summed E-state index contributed by atoms with van der Waals surface area (Å²) in [6.45, 7) is 32.7. The predicted molar refractivity (Wildman–Crippen MR) is 202 cm³/mol. The maximum absolute atomic E-state index is 4.32. The molecule has 1 heterocycles. The first-order valence-electron chi connectivity index (χ1n) is 15.9. The molecule has 2 aromatic rings. The topological polar surface area (TPSA) is 27.6 Å². The molecule has 3 rings (SSSR count). The number of likely N-dealkylation sites (tertiary alicyclic amines) is 1. The molecule has 1 saturated heterocycles. The molecule has 0 aromatic heterocycles. The first-order chi connectivity index (χ1) is 20.8.